The molecule has 1 aromatic heterocycles. The van der Waals surface area contributed by atoms with Gasteiger partial charge in [-0.3, -0.25) is 0 Å². The highest BCUT2D eigenvalue weighted by molar-refractivity contribution is 5.39. The number of ether oxygens (including phenoxy) is 1. The van der Waals surface area contributed by atoms with E-state index < -0.39 is 35.7 Å². The van der Waals surface area contributed by atoms with Crippen molar-refractivity contribution in [2.75, 3.05) is 37.7 Å². The highest BCUT2D eigenvalue weighted by Gasteiger charge is 2.71. The number of alkyl halides is 6. The molecule has 4 rings (SSSR count). The number of halogens is 6. The van der Waals surface area contributed by atoms with Gasteiger partial charge >= 0.3 is 12.4 Å². The van der Waals surface area contributed by atoms with E-state index in [1.54, 1.807) is 4.90 Å². The number of rotatable bonds is 4. The van der Waals surface area contributed by atoms with E-state index in [2.05, 4.69) is 26.8 Å². The number of anilines is 1. The van der Waals surface area contributed by atoms with Crippen LogP contribution in [0.15, 0.2) is 24.7 Å². The Morgan fingerprint density at radius 3 is 2.15 bits per heavy atom. The number of fused-ring (bicyclic) bond motifs is 2. The Kier molecular flexibility index (Phi) is 6.46. The van der Waals surface area contributed by atoms with Gasteiger partial charge < -0.3 is 30.1 Å². The number of aromatic nitrogens is 2. The van der Waals surface area contributed by atoms with Crippen LogP contribution in [0.1, 0.15) is 18.4 Å². The molecule has 0 aliphatic carbocycles. The molecule has 0 aromatic carbocycles. The lowest BCUT2D eigenvalue weighted by molar-refractivity contribution is -0.376. The molecular formula is C20H25F6N5O3. The summed E-state index contributed by atoms with van der Waals surface area (Å²) in [6, 6.07) is -0.631. The fourth-order valence-corrected chi connectivity index (χ4v) is 4.91. The predicted molar refractivity (Wildman–Crippen MR) is 107 cm³/mol. The summed E-state index contributed by atoms with van der Waals surface area (Å²) >= 11 is 0. The summed E-state index contributed by atoms with van der Waals surface area (Å²) in [6.07, 6.45) is -10.8. The van der Waals surface area contributed by atoms with Crippen LogP contribution in [0.2, 0.25) is 0 Å². The molecule has 0 radical (unpaired) electrons. The van der Waals surface area contributed by atoms with Gasteiger partial charge in [-0.25, -0.2) is 9.97 Å². The maximum absolute atomic E-state index is 13.2. The van der Waals surface area contributed by atoms with Crippen LogP contribution in [0.5, 0.6) is 0 Å². The van der Waals surface area contributed by atoms with Crippen molar-refractivity contribution in [2.45, 2.75) is 55.0 Å². The number of nitrogens with zero attached hydrogens (tertiary/aromatic N) is 4. The molecule has 1 aromatic rings. The number of hydrogen-bond donors (Lipinski definition) is 3. The molecule has 2 bridgehead atoms. The molecule has 0 spiro atoms. The van der Waals surface area contributed by atoms with Crippen LogP contribution in [-0.4, -0.2) is 94.5 Å². The number of morpholine rings is 1. The molecule has 3 aliphatic rings. The molecule has 0 amide bonds. The second-order valence-corrected chi connectivity index (χ2v) is 8.76. The van der Waals surface area contributed by atoms with Gasteiger partial charge in [0.25, 0.3) is 5.60 Å². The summed E-state index contributed by atoms with van der Waals surface area (Å²) in [5.74, 6) is -0.0819. The highest BCUT2D eigenvalue weighted by atomic mass is 19.4. The lowest BCUT2D eigenvalue weighted by Crippen LogP contribution is -2.62. The van der Waals surface area contributed by atoms with Gasteiger partial charge in [0, 0.05) is 43.3 Å². The lowest BCUT2D eigenvalue weighted by atomic mass is 9.90. The highest BCUT2D eigenvalue weighted by Crippen LogP contribution is 2.49. The van der Waals surface area contributed by atoms with Gasteiger partial charge in [0.2, 0.25) is 5.95 Å². The van der Waals surface area contributed by atoms with Crippen LogP contribution >= 0.6 is 0 Å². The number of aliphatic hydroxyl groups excluding tert-OH is 1. The molecule has 3 saturated heterocycles. The number of hydrogen-bond acceptors (Lipinski definition) is 8. The quantitative estimate of drug-likeness (QED) is 0.537. The van der Waals surface area contributed by atoms with Crippen LogP contribution < -0.4 is 10.2 Å². The molecule has 3 aliphatic heterocycles. The number of piperidine rings is 1. The summed E-state index contributed by atoms with van der Waals surface area (Å²) in [5.41, 5.74) is -5.93. The van der Waals surface area contributed by atoms with Crippen molar-refractivity contribution >= 4 is 5.95 Å². The van der Waals surface area contributed by atoms with Crippen molar-refractivity contribution in [1.82, 2.24) is 20.2 Å². The van der Waals surface area contributed by atoms with E-state index in [0.29, 0.717) is 63.8 Å². The van der Waals surface area contributed by atoms with E-state index >= 15 is 0 Å². The molecule has 34 heavy (non-hydrogen) atoms. The maximum atomic E-state index is 13.2. The van der Waals surface area contributed by atoms with Crippen molar-refractivity contribution in [3.05, 3.63) is 30.2 Å². The molecule has 14 heteroatoms. The van der Waals surface area contributed by atoms with Gasteiger partial charge in [-0.15, -0.1) is 0 Å². The average molecular weight is 497 g/mol. The standard InChI is InChI=1S/C20H25F6N5O3/c1-11(31-13-4-15(32)5-14(31)10-34-9-13)16-8-27-2-3-30(16)17-28-6-12(7-29-17)18(33,19(21,22)23)20(24,25)26/h6-7,13-16,27,32-33H,1-5,8-10H2. The van der Waals surface area contributed by atoms with Gasteiger partial charge in [0.05, 0.1) is 37.4 Å². The Morgan fingerprint density at radius 2 is 1.62 bits per heavy atom. The molecule has 8 nitrogen and oxygen atoms in total. The minimum Gasteiger partial charge on any atom is -0.393 e. The molecule has 3 fully saturated rings. The predicted octanol–water partition coefficient (Wildman–Crippen LogP) is 1.30. The first kappa shape index (κ1) is 24.9. The Balaban J connectivity index is 1.60. The van der Waals surface area contributed by atoms with Crippen LogP contribution in [0.3, 0.4) is 0 Å². The van der Waals surface area contributed by atoms with E-state index in [9.17, 15) is 36.6 Å². The summed E-state index contributed by atoms with van der Waals surface area (Å²) in [6.45, 7) is 6.25. The molecule has 3 atom stereocenters. The van der Waals surface area contributed by atoms with Gasteiger partial charge in [-0.1, -0.05) is 6.58 Å². The summed E-state index contributed by atoms with van der Waals surface area (Å²) in [5, 5.41) is 22.9. The third kappa shape index (κ3) is 4.20. The van der Waals surface area contributed by atoms with E-state index in [-0.39, 0.29) is 18.0 Å². The van der Waals surface area contributed by atoms with Crippen molar-refractivity contribution in [1.29, 1.82) is 0 Å². The van der Waals surface area contributed by atoms with Gasteiger partial charge in [-0.2, -0.15) is 26.3 Å². The molecule has 0 saturated carbocycles. The zero-order chi connectivity index (χ0) is 24.9. The Bertz CT molecular complexity index is 868. The smallest absolute Gasteiger partial charge is 0.393 e. The van der Waals surface area contributed by atoms with Gasteiger partial charge in [-0.05, 0) is 12.8 Å². The molecule has 190 valence electrons. The second kappa shape index (κ2) is 8.81. The van der Waals surface area contributed by atoms with Crippen molar-refractivity contribution in [2.24, 2.45) is 0 Å². The largest absolute Gasteiger partial charge is 0.430 e. The minimum atomic E-state index is -6.01. The van der Waals surface area contributed by atoms with Crippen LogP contribution in [-0.2, 0) is 10.3 Å². The molecule has 3 unspecified atom stereocenters. The van der Waals surface area contributed by atoms with E-state index in [0.717, 1.165) is 0 Å². The van der Waals surface area contributed by atoms with Crippen LogP contribution in [0, 0.1) is 0 Å². The summed E-state index contributed by atoms with van der Waals surface area (Å²) in [4.78, 5) is 11.3. The third-order valence-corrected chi connectivity index (χ3v) is 6.59. The Morgan fingerprint density at radius 1 is 1.06 bits per heavy atom. The van der Waals surface area contributed by atoms with Crippen molar-refractivity contribution in [3.8, 4) is 0 Å². The summed E-state index contributed by atoms with van der Waals surface area (Å²) < 4.78 is 84.6. The van der Waals surface area contributed by atoms with E-state index in [1.165, 1.54) is 0 Å². The first-order valence-corrected chi connectivity index (χ1v) is 10.7. The topological polar surface area (TPSA) is 94.0 Å². The first-order valence-electron chi connectivity index (χ1n) is 10.7. The molecule has 3 N–H and O–H groups in total. The number of aliphatic hydroxyl groups is 2. The van der Waals surface area contributed by atoms with Gasteiger partial charge in [0.1, 0.15) is 0 Å². The van der Waals surface area contributed by atoms with E-state index in [1.807, 2.05) is 0 Å². The minimum absolute atomic E-state index is 0.0819. The maximum Gasteiger partial charge on any atom is 0.430 e. The SMILES string of the molecule is C=C(C1CNCCN1c1ncc(C(O)(C(F)(F)F)C(F)(F)F)cn1)N1C2COCC1CC(O)C2. The van der Waals surface area contributed by atoms with Crippen molar-refractivity contribution in [3.63, 3.8) is 0 Å². The van der Waals surface area contributed by atoms with Gasteiger partial charge in [0.15, 0.2) is 0 Å². The van der Waals surface area contributed by atoms with E-state index in [4.69, 9.17) is 4.74 Å². The number of piperazine rings is 1. The Labute approximate surface area is 191 Å². The number of nitrogens with one attached hydrogen (secondary N) is 1. The fraction of sp³-hybridized carbons (Fsp3) is 0.700. The molecule has 4 heterocycles. The first-order chi connectivity index (χ1) is 15.8. The second-order valence-electron chi connectivity index (χ2n) is 8.76. The monoisotopic (exact) mass is 497 g/mol. The lowest BCUT2D eigenvalue weighted by Gasteiger charge is -2.52. The zero-order valence-corrected chi connectivity index (χ0v) is 18.0. The average Bonchev–Trinajstić information content (AvgIpc) is 2.76. The van der Waals surface area contributed by atoms with Crippen LogP contribution in [0.4, 0.5) is 32.3 Å². The van der Waals surface area contributed by atoms with Crippen molar-refractivity contribution < 1.29 is 41.3 Å². The Hall–Kier alpha value is -2.16. The summed E-state index contributed by atoms with van der Waals surface area (Å²) in [7, 11) is 0. The normalized spacial score (nSPS) is 28.7. The molecular weight excluding hydrogens is 472 g/mol. The van der Waals surface area contributed by atoms with Crippen LogP contribution in [0.25, 0.3) is 0 Å². The zero-order valence-electron chi connectivity index (χ0n) is 18.0. The third-order valence-electron chi connectivity index (χ3n) is 6.59. The fourth-order valence-electron chi connectivity index (χ4n) is 4.91.